The molecule has 1 aliphatic carbocycles. The number of rotatable bonds is 4. The van der Waals surface area contributed by atoms with Crippen LogP contribution in [-0.2, 0) is 0 Å². The van der Waals surface area contributed by atoms with Crippen LogP contribution in [0.2, 0.25) is 0 Å². The second kappa shape index (κ2) is 5.72. The summed E-state index contributed by atoms with van der Waals surface area (Å²) in [6.07, 6.45) is 4.63. The first kappa shape index (κ1) is 13.8. The Labute approximate surface area is 130 Å². The van der Waals surface area contributed by atoms with Gasteiger partial charge in [-0.1, -0.05) is 12.1 Å². The topological polar surface area (TPSA) is 61.3 Å². The number of hydrogen-bond acceptors (Lipinski definition) is 5. The average molecular weight is 298 g/mol. The Hall–Kier alpha value is -1.88. The van der Waals surface area contributed by atoms with Crippen molar-refractivity contribution in [2.45, 2.75) is 31.7 Å². The van der Waals surface area contributed by atoms with Gasteiger partial charge in [0.25, 0.3) is 0 Å². The zero-order valence-corrected chi connectivity index (χ0v) is 12.7. The first-order chi connectivity index (χ1) is 10.8. The van der Waals surface area contributed by atoms with E-state index in [1.165, 1.54) is 12.8 Å². The first-order valence-electron chi connectivity index (χ1n) is 8.22. The molecule has 2 N–H and O–H groups in total. The number of piperidine rings is 1. The number of aromatic nitrogens is 2. The summed E-state index contributed by atoms with van der Waals surface area (Å²) in [5.41, 5.74) is 1.87. The summed E-state index contributed by atoms with van der Waals surface area (Å²) in [5, 5.41) is 13.0. The molecule has 5 nitrogen and oxygen atoms in total. The number of aliphatic hydroxyl groups excluding tert-OH is 1. The largest absolute Gasteiger partial charge is 0.396 e. The van der Waals surface area contributed by atoms with E-state index in [9.17, 15) is 5.11 Å². The number of para-hydroxylation sites is 2. The number of fused-ring (bicyclic) bond motifs is 1. The van der Waals surface area contributed by atoms with E-state index in [-0.39, 0.29) is 6.61 Å². The quantitative estimate of drug-likeness (QED) is 0.907. The van der Waals surface area contributed by atoms with E-state index in [0.717, 1.165) is 48.6 Å². The normalized spacial score (nSPS) is 22.0. The second-order valence-corrected chi connectivity index (χ2v) is 6.44. The van der Waals surface area contributed by atoms with Crippen LogP contribution in [0.15, 0.2) is 24.3 Å². The lowest BCUT2D eigenvalue weighted by atomic mass is 9.99. The minimum Gasteiger partial charge on any atom is -0.396 e. The average Bonchev–Trinajstić information content (AvgIpc) is 3.38. The van der Waals surface area contributed by atoms with Gasteiger partial charge in [0.15, 0.2) is 11.6 Å². The van der Waals surface area contributed by atoms with Crippen LogP contribution in [-0.4, -0.2) is 40.8 Å². The third-order valence-electron chi connectivity index (χ3n) is 4.55. The Bertz CT molecular complexity index is 671. The predicted octanol–water partition coefficient (Wildman–Crippen LogP) is 2.41. The van der Waals surface area contributed by atoms with Crippen LogP contribution < -0.4 is 10.2 Å². The number of nitrogens with one attached hydrogen (secondary N) is 1. The Kier molecular flexibility index (Phi) is 3.58. The van der Waals surface area contributed by atoms with Gasteiger partial charge in [-0.3, -0.25) is 0 Å². The molecule has 2 aromatic rings. The van der Waals surface area contributed by atoms with E-state index >= 15 is 0 Å². The molecule has 1 atom stereocenters. The maximum Gasteiger partial charge on any atom is 0.172 e. The molecule has 2 heterocycles. The smallest absolute Gasteiger partial charge is 0.172 e. The Morgan fingerprint density at radius 1 is 1.14 bits per heavy atom. The summed E-state index contributed by atoms with van der Waals surface area (Å²) in [6.45, 7) is 2.11. The molecule has 1 aliphatic heterocycles. The van der Waals surface area contributed by atoms with Crippen LogP contribution in [0.25, 0.3) is 11.0 Å². The summed E-state index contributed by atoms with van der Waals surface area (Å²) >= 11 is 0. The lowest BCUT2D eigenvalue weighted by molar-refractivity contribution is 0.208. The summed E-state index contributed by atoms with van der Waals surface area (Å²) in [7, 11) is 0. The molecule has 0 bridgehead atoms. The lowest BCUT2D eigenvalue weighted by Crippen LogP contribution is -2.38. The Balaban J connectivity index is 1.72. The van der Waals surface area contributed by atoms with Crippen molar-refractivity contribution in [3.63, 3.8) is 0 Å². The summed E-state index contributed by atoms with van der Waals surface area (Å²) in [6, 6.07) is 8.58. The molecule has 22 heavy (non-hydrogen) atoms. The minimum absolute atomic E-state index is 0.253. The van der Waals surface area contributed by atoms with Crippen LogP contribution in [0.4, 0.5) is 11.6 Å². The molecule has 0 radical (unpaired) electrons. The van der Waals surface area contributed by atoms with Gasteiger partial charge >= 0.3 is 0 Å². The van der Waals surface area contributed by atoms with Crippen molar-refractivity contribution in [2.24, 2.45) is 5.92 Å². The monoisotopic (exact) mass is 298 g/mol. The van der Waals surface area contributed by atoms with Gasteiger partial charge < -0.3 is 15.3 Å². The van der Waals surface area contributed by atoms with E-state index in [0.29, 0.717) is 12.0 Å². The molecule has 5 heteroatoms. The van der Waals surface area contributed by atoms with Gasteiger partial charge in [0.1, 0.15) is 0 Å². The van der Waals surface area contributed by atoms with Crippen molar-refractivity contribution in [1.82, 2.24) is 9.97 Å². The Morgan fingerprint density at radius 3 is 2.64 bits per heavy atom. The lowest BCUT2D eigenvalue weighted by Gasteiger charge is -2.33. The van der Waals surface area contributed by atoms with Crippen LogP contribution in [0.5, 0.6) is 0 Å². The molecule has 4 rings (SSSR count). The fourth-order valence-electron chi connectivity index (χ4n) is 3.14. The van der Waals surface area contributed by atoms with Crippen LogP contribution in [0, 0.1) is 5.92 Å². The number of hydrogen-bond donors (Lipinski definition) is 2. The molecular weight excluding hydrogens is 276 g/mol. The van der Waals surface area contributed by atoms with E-state index in [2.05, 4.69) is 10.2 Å². The standard InChI is InChI=1S/C17H22N4O/c22-11-12-4-3-9-21(10-12)17-16(18-13-7-8-13)19-14-5-1-2-6-15(14)20-17/h1-2,5-6,12-13,22H,3-4,7-11H2,(H,18,19)/t12-/m0/s1. The fraction of sp³-hybridized carbons (Fsp3) is 0.529. The number of benzene rings is 1. The summed E-state index contributed by atoms with van der Waals surface area (Å²) in [5.74, 6) is 2.19. The Morgan fingerprint density at radius 2 is 1.91 bits per heavy atom. The molecule has 1 aromatic carbocycles. The van der Waals surface area contributed by atoms with Crippen LogP contribution in [0.1, 0.15) is 25.7 Å². The summed E-state index contributed by atoms with van der Waals surface area (Å²) in [4.78, 5) is 12.0. The molecule has 0 unspecified atom stereocenters. The van der Waals surface area contributed by atoms with Crippen molar-refractivity contribution in [3.8, 4) is 0 Å². The van der Waals surface area contributed by atoms with E-state index in [1.807, 2.05) is 24.3 Å². The molecule has 1 aromatic heterocycles. The molecule has 0 amide bonds. The highest BCUT2D eigenvalue weighted by Gasteiger charge is 2.27. The van der Waals surface area contributed by atoms with Gasteiger partial charge in [0.05, 0.1) is 11.0 Å². The van der Waals surface area contributed by atoms with E-state index in [1.54, 1.807) is 0 Å². The maximum absolute atomic E-state index is 9.47. The van der Waals surface area contributed by atoms with E-state index in [4.69, 9.17) is 9.97 Å². The predicted molar refractivity (Wildman–Crippen MR) is 88.2 cm³/mol. The van der Waals surface area contributed by atoms with E-state index < -0.39 is 0 Å². The van der Waals surface area contributed by atoms with Gasteiger partial charge in [-0.05, 0) is 43.7 Å². The minimum atomic E-state index is 0.253. The maximum atomic E-state index is 9.47. The van der Waals surface area contributed by atoms with Crippen molar-refractivity contribution in [1.29, 1.82) is 0 Å². The van der Waals surface area contributed by atoms with Crippen molar-refractivity contribution in [2.75, 3.05) is 29.9 Å². The van der Waals surface area contributed by atoms with Gasteiger partial charge in [-0.15, -0.1) is 0 Å². The first-order valence-corrected chi connectivity index (χ1v) is 8.22. The van der Waals surface area contributed by atoms with Crippen LogP contribution >= 0.6 is 0 Å². The fourth-order valence-corrected chi connectivity index (χ4v) is 3.14. The number of nitrogens with zero attached hydrogens (tertiary/aromatic N) is 3. The van der Waals surface area contributed by atoms with Gasteiger partial charge in [0, 0.05) is 25.7 Å². The molecule has 116 valence electrons. The SMILES string of the molecule is OC[C@H]1CCCN(c2nc3ccccc3nc2NC2CC2)C1. The molecule has 2 aliphatic rings. The highest BCUT2D eigenvalue weighted by molar-refractivity contribution is 5.80. The van der Waals surface area contributed by atoms with Gasteiger partial charge in [-0.25, -0.2) is 9.97 Å². The molecular formula is C17H22N4O. The van der Waals surface area contributed by atoms with Crippen LogP contribution in [0.3, 0.4) is 0 Å². The zero-order chi connectivity index (χ0) is 14.9. The zero-order valence-electron chi connectivity index (χ0n) is 12.7. The molecule has 0 spiro atoms. The molecule has 1 saturated heterocycles. The highest BCUT2D eigenvalue weighted by atomic mass is 16.3. The third-order valence-corrected chi connectivity index (χ3v) is 4.55. The molecule has 1 saturated carbocycles. The third kappa shape index (κ3) is 2.73. The number of aliphatic hydroxyl groups is 1. The van der Waals surface area contributed by atoms with Gasteiger partial charge in [-0.2, -0.15) is 0 Å². The van der Waals surface area contributed by atoms with Crippen molar-refractivity contribution in [3.05, 3.63) is 24.3 Å². The van der Waals surface area contributed by atoms with Gasteiger partial charge in [0.2, 0.25) is 0 Å². The van der Waals surface area contributed by atoms with Crippen molar-refractivity contribution < 1.29 is 5.11 Å². The highest BCUT2D eigenvalue weighted by Crippen LogP contribution is 2.32. The van der Waals surface area contributed by atoms with Crippen molar-refractivity contribution >= 4 is 22.7 Å². The second-order valence-electron chi connectivity index (χ2n) is 6.44. The number of anilines is 2. The summed E-state index contributed by atoms with van der Waals surface area (Å²) < 4.78 is 0. The molecule has 2 fully saturated rings.